The van der Waals surface area contributed by atoms with Crippen molar-refractivity contribution in [3.05, 3.63) is 94.8 Å². The fraction of sp³-hybridized carbons (Fsp3) is 0.280. The molecule has 7 nitrogen and oxygen atoms in total. The summed E-state index contributed by atoms with van der Waals surface area (Å²) in [5.41, 5.74) is 3.39. The highest BCUT2D eigenvalue weighted by molar-refractivity contribution is 7.99. The van der Waals surface area contributed by atoms with E-state index in [-0.39, 0.29) is 24.7 Å². The molecule has 8 heteroatoms. The van der Waals surface area contributed by atoms with Crippen LogP contribution in [-0.4, -0.2) is 22.9 Å². The summed E-state index contributed by atoms with van der Waals surface area (Å²) in [5.74, 6) is 0.467. The van der Waals surface area contributed by atoms with Crippen molar-refractivity contribution in [2.24, 2.45) is 0 Å². The van der Waals surface area contributed by atoms with Crippen molar-refractivity contribution in [3.8, 4) is 0 Å². The van der Waals surface area contributed by atoms with Crippen molar-refractivity contribution in [2.45, 2.75) is 43.5 Å². The van der Waals surface area contributed by atoms with E-state index in [0.29, 0.717) is 22.9 Å². The molecule has 1 fully saturated rings. The van der Waals surface area contributed by atoms with Crippen molar-refractivity contribution in [1.82, 2.24) is 0 Å². The van der Waals surface area contributed by atoms with Gasteiger partial charge in [0.15, 0.2) is 12.5 Å². The highest BCUT2D eigenvalue weighted by Crippen LogP contribution is 2.39. The largest absolute Gasteiger partial charge is 0.618 e. The number of thioether (sulfide) groups is 1. The van der Waals surface area contributed by atoms with Gasteiger partial charge in [-0.1, -0.05) is 48.2 Å². The summed E-state index contributed by atoms with van der Waals surface area (Å²) in [7, 11) is 0. The Morgan fingerprint density at radius 3 is 2.48 bits per heavy atom. The van der Waals surface area contributed by atoms with Crippen molar-refractivity contribution in [1.29, 1.82) is 0 Å². The SMILES string of the molecule is CC(=O)Nc1ccc(C2OC(CSc3cccc[n+]3[O-])CC(c3ccc(CO)cc3)O2)cc1. The van der Waals surface area contributed by atoms with Crippen LogP contribution in [0.2, 0.25) is 0 Å². The first-order valence-electron chi connectivity index (χ1n) is 10.7. The van der Waals surface area contributed by atoms with Crippen LogP contribution in [0.25, 0.3) is 0 Å². The summed E-state index contributed by atoms with van der Waals surface area (Å²) in [6, 6.07) is 20.4. The third-order valence-electron chi connectivity index (χ3n) is 5.32. The molecule has 0 radical (unpaired) electrons. The molecule has 1 saturated heterocycles. The van der Waals surface area contributed by atoms with E-state index < -0.39 is 6.29 Å². The van der Waals surface area contributed by atoms with Crippen molar-refractivity contribution in [2.75, 3.05) is 11.1 Å². The molecule has 1 aliphatic heterocycles. The van der Waals surface area contributed by atoms with Crippen LogP contribution in [0.4, 0.5) is 5.69 Å². The van der Waals surface area contributed by atoms with Gasteiger partial charge < -0.3 is 25.1 Å². The van der Waals surface area contributed by atoms with Gasteiger partial charge in [0.1, 0.15) is 0 Å². The maximum Gasteiger partial charge on any atom is 0.251 e. The Bertz CT molecular complexity index is 1070. The second-order valence-corrected chi connectivity index (χ2v) is 8.87. The molecule has 2 aromatic carbocycles. The van der Waals surface area contributed by atoms with Crippen LogP contribution in [0, 0.1) is 5.21 Å². The standard InChI is InChI=1S/C25H26N2O5S/c1-17(29)26-21-11-9-20(10-12-21)25-31-22(16-33-24-4-2-3-13-27(24)30)14-23(32-25)19-7-5-18(15-28)6-8-19/h2-13,22-23,25,28H,14-16H2,1H3,(H,26,29). The Morgan fingerprint density at radius 2 is 1.82 bits per heavy atom. The first-order valence-corrected chi connectivity index (χ1v) is 11.7. The highest BCUT2D eigenvalue weighted by Gasteiger charge is 2.32. The van der Waals surface area contributed by atoms with Gasteiger partial charge in [0.05, 0.1) is 18.8 Å². The molecule has 1 aromatic heterocycles. The van der Waals surface area contributed by atoms with Gasteiger partial charge in [0.2, 0.25) is 5.91 Å². The van der Waals surface area contributed by atoms with Crippen molar-refractivity contribution < 1.29 is 24.1 Å². The lowest BCUT2D eigenvalue weighted by molar-refractivity contribution is -0.645. The first-order chi connectivity index (χ1) is 16.0. The van der Waals surface area contributed by atoms with Gasteiger partial charge in [-0.25, -0.2) is 0 Å². The molecular formula is C25H26N2O5S. The van der Waals surface area contributed by atoms with E-state index in [0.717, 1.165) is 21.4 Å². The van der Waals surface area contributed by atoms with Crippen LogP contribution in [0.15, 0.2) is 78.0 Å². The Labute approximate surface area is 196 Å². The number of rotatable bonds is 7. The van der Waals surface area contributed by atoms with Gasteiger partial charge in [-0.05, 0) is 29.3 Å². The van der Waals surface area contributed by atoms with Crippen LogP contribution in [0.5, 0.6) is 0 Å². The smallest absolute Gasteiger partial charge is 0.251 e. The van der Waals surface area contributed by atoms with Gasteiger partial charge in [-0.15, -0.1) is 0 Å². The predicted octanol–water partition coefficient (Wildman–Crippen LogP) is 4.11. The maximum absolute atomic E-state index is 12.0. The van der Waals surface area contributed by atoms with Gasteiger partial charge in [0, 0.05) is 42.5 Å². The molecule has 0 aliphatic carbocycles. The minimum Gasteiger partial charge on any atom is -0.618 e. The van der Waals surface area contributed by atoms with E-state index in [1.807, 2.05) is 54.6 Å². The van der Waals surface area contributed by atoms with Gasteiger partial charge >= 0.3 is 0 Å². The number of aliphatic hydroxyl groups excluding tert-OH is 1. The Balaban J connectivity index is 1.53. The summed E-state index contributed by atoms with van der Waals surface area (Å²) in [6.07, 6.45) is 1.18. The van der Waals surface area contributed by atoms with E-state index in [1.54, 1.807) is 12.1 Å². The zero-order valence-corrected chi connectivity index (χ0v) is 19.0. The van der Waals surface area contributed by atoms with Crippen LogP contribution < -0.4 is 10.0 Å². The van der Waals surface area contributed by atoms with Crippen molar-refractivity contribution >= 4 is 23.4 Å². The molecule has 1 aliphatic rings. The number of hydrogen-bond acceptors (Lipinski definition) is 6. The van der Waals surface area contributed by atoms with E-state index >= 15 is 0 Å². The van der Waals surface area contributed by atoms with E-state index in [9.17, 15) is 15.1 Å². The fourth-order valence-corrected chi connectivity index (χ4v) is 4.59. The van der Waals surface area contributed by atoms with Crippen molar-refractivity contribution in [3.63, 3.8) is 0 Å². The topological polar surface area (TPSA) is 94.7 Å². The lowest BCUT2D eigenvalue weighted by Crippen LogP contribution is -2.32. The third-order valence-corrected chi connectivity index (χ3v) is 6.47. The lowest BCUT2D eigenvalue weighted by atomic mass is 10.0. The summed E-state index contributed by atoms with van der Waals surface area (Å²) >= 11 is 1.45. The summed E-state index contributed by atoms with van der Waals surface area (Å²) in [6.45, 7) is 1.46. The number of pyridine rings is 1. The number of aliphatic hydroxyl groups is 1. The zero-order valence-electron chi connectivity index (χ0n) is 18.2. The van der Waals surface area contributed by atoms with Gasteiger partial charge in [-0.2, -0.15) is 4.73 Å². The normalized spacial score (nSPS) is 20.4. The van der Waals surface area contributed by atoms with Gasteiger partial charge in [-0.3, -0.25) is 4.79 Å². The molecule has 2 heterocycles. The fourth-order valence-electron chi connectivity index (χ4n) is 3.65. The average molecular weight is 467 g/mol. The number of anilines is 1. The second-order valence-electron chi connectivity index (χ2n) is 7.83. The molecule has 172 valence electrons. The molecule has 4 rings (SSSR count). The number of ether oxygens (including phenoxy) is 2. The van der Waals surface area contributed by atoms with E-state index in [2.05, 4.69) is 5.32 Å². The van der Waals surface area contributed by atoms with E-state index in [4.69, 9.17) is 9.47 Å². The molecule has 0 saturated carbocycles. The zero-order chi connectivity index (χ0) is 23.2. The number of amides is 1. The highest BCUT2D eigenvalue weighted by atomic mass is 32.2. The van der Waals surface area contributed by atoms with Crippen LogP contribution in [0.3, 0.4) is 0 Å². The number of hydrogen-bond donors (Lipinski definition) is 2. The number of carbonyl (C=O) groups excluding carboxylic acids is 1. The molecule has 1 amide bonds. The summed E-state index contributed by atoms with van der Waals surface area (Å²) in [5, 5.41) is 24.7. The number of carbonyl (C=O) groups is 1. The third kappa shape index (κ3) is 6.11. The van der Waals surface area contributed by atoms with Crippen LogP contribution >= 0.6 is 11.8 Å². The molecule has 3 atom stereocenters. The monoisotopic (exact) mass is 466 g/mol. The molecular weight excluding hydrogens is 440 g/mol. The number of nitrogens with one attached hydrogen (secondary N) is 1. The molecule has 0 spiro atoms. The van der Waals surface area contributed by atoms with E-state index in [1.165, 1.54) is 24.9 Å². The number of benzene rings is 2. The Hall–Kier alpha value is -2.91. The Kier molecular flexibility index (Phi) is 7.61. The molecule has 3 aromatic rings. The quantitative estimate of drug-likeness (QED) is 0.309. The number of aromatic nitrogens is 1. The molecule has 3 unspecified atom stereocenters. The molecule has 0 bridgehead atoms. The van der Waals surface area contributed by atoms with Gasteiger partial charge in [0.25, 0.3) is 5.03 Å². The lowest BCUT2D eigenvalue weighted by Gasteiger charge is -2.36. The summed E-state index contributed by atoms with van der Waals surface area (Å²) in [4.78, 5) is 11.3. The second kappa shape index (κ2) is 10.8. The first kappa shape index (κ1) is 23.3. The molecule has 33 heavy (non-hydrogen) atoms. The minimum absolute atomic E-state index is 0.0102. The van der Waals surface area contributed by atoms with Crippen LogP contribution in [0.1, 0.15) is 42.4 Å². The maximum atomic E-state index is 12.0. The molecule has 2 N–H and O–H groups in total. The summed E-state index contributed by atoms with van der Waals surface area (Å²) < 4.78 is 13.4. The average Bonchev–Trinajstić information content (AvgIpc) is 2.83. The van der Waals surface area contributed by atoms with Crippen LogP contribution in [-0.2, 0) is 20.9 Å². The number of nitrogens with zero attached hydrogens (tertiary/aromatic N) is 1. The Morgan fingerprint density at radius 1 is 1.09 bits per heavy atom. The predicted molar refractivity (Wildman–Crippen MR) is 125 cm³/mol. The minimum atomic E-state index is -0.589.